The van der Waals surface area contributed by atoms with Crippen LogP contribution in [0.3, 0.4) is 0 Å². The largest absolute Gasteiger partial charge is 0.453 e. The first-order chi connectivity index (χ1) is 9.10. The Morgan fingerprint density at radius 1 is 1.11 bits per heavy atom. The van der Waals surface area contributed by atoms with Crippen LogP contribution in [-0.4, -0.2) is 7.05 Å². The molecule has 0 bridgehead atoms. The van der Waals surface area contributed by atoms with Crippen LogP contribution in [0.4, 0.5) is 4.39 Å². The average Bonchev–Trinajstić information content (AvgIpc) is 2.36. The molecule has 0 saturated carbocycles. The summed E-state index contributed by atoms with van der Waals surface area (Å²) in [5.74, 6) is 0.411. The van der Waals surface area contributed by atoms with Crippen LogP contribution in [0, 0.1) is 5.82 Å². The van der Waals surface area contributed by atoms with Gasteiger partial charge in [-0.1, -0.05) is 22.0 Å². The molecular formula is C14H12Br2FNO. The SMILES string of the molecule is CNCc1ccc(Oc2ccc(Br)cc2Br)c(F)c1. The van der Waals surface area contributed by atoms with Gasteiger partial charge in [0, 0.05) is 11.0 Å². The van der Waals surface area contributed by atoms with Gasteiger partial charge in [0.2, 0.25) is 0 Å². The standard InChI is InChI=1S/C14H12Br2FNO/c1-18-8-9-2-4-14(12(17)6-9)19-13-5-3-10(15)7-11(13)16/h2-7,18H,8H2,1H3. The van der Waals surface area contributed by atoms with E-state index < -0.39 is 0 Å². The van der Waals surface area contributed by atoms with Gasteiger partial charge in [-0.3, -0.25) is 0 Å². The summed E-state index contributed by atoms with van der Waals surface area (Å²) in [6.45, 7) is 0.624. The molecule has 0 unspecified atom stereocenters. The molecule has 0 radical (unpaired) electrons. The second-order valence-electron chi connectivity index (χ2n) is 3.97. The summed E-state index contributed by atoms with van der Waals surface area (Å²) < 4.78 is 21.1. The summed E-state index contributed by atoms with van der Waals surface area (Å²) in [6.07, 6.45) is 0. The van der Waals surface area contributed by atoms with E-state index in [9.17, 15) is 4.39 Å². The zero-order chi connectivity index (χ0) is 13.8. The summed E-state index contributed by atoms with van der Waals surface area (Å²) >= 11 is 6.74. The van der Waals surface area contributed by atoms with E-state index in [-0.39, 0.29) is 11.6 Å². The summed E-state index contributed by atoms with van der Waals surface area (Å²) in [5.41, 5.74) is 0.877. The molecule has 0 atom stereocenters. The lowest BCUT2D eigenvalue weighted by molar-refractivity contribution is 0.439. The lowest BCUT2D eigenvalue weighted by atomic mass is 10.2. The molecule has 0 aliphatic rings. The van der Waals surface area contributed by atoms with E-state index in [1.54, 1.807) is 12.1 Å². The molecule has 0 aromatic heterocycles. The first-order valence-corrected chi connectivity index (χ1v) is 7.24. The van der Waals surface area contributed by atoms with Crippen molar-refractivity contribution in [1.82, 2.24) is 5.32 Å². The fourth-order valence-electron chi connectivity index (χ4n) is 1.62. The van der Waals surface area contributed by atoms with Crippen molar-refractivity contribution in [3.8, 4) is 11.5 Å². The highest BCUT2D eigenvalue weighted by Crippen LogP contribution is 2.33. The third-order valence-corrected chi connectivity index (χ3v) is 3.60. The van der Waals surface area contributed by atoms with Crippen LogP contribution in [0.1, 0.15) is 5.56 Å². The van der Waals surface area contributed by atoms with Crippen molar-refractivity contribution in [2.45, 2.75) is 6.54 Å². The van der Waals surface area contributed by atoms with E-state index in [2.05, 4.69) is 37.2 Å². The van der Waals surface area contributed by atoms with E-state index in [1.807, 2.05) is 25.2 Å². The van der Waals surface area contributed by atoms with Gasteiger partial charge in [-0.2, -0.15) is 0 Å². The van der Waals surface area contributed by atoms with Crippen LogP contribution < -0.4 is 10.1 Å². The maximum atomic E-state index is 13.9. The van der Waals surface area contributed by atoms with Crippen molar-refractivity contribution in [2.24, 2.45) is 0 Å². The van der Waals surface area contributed by atoms with Gasteiger partial charge in [0.1, 0.15) is 5.75 Å². The number of benzene rings is 2. The van der Waals surface area contributed by atoms with Gasteiger partial charge >= 0.3 is 0 Å². The third kappa shape index (κ3) is 3.78. The fraction of sp³-hybridized carbons (Fsp3) is 0.143. The molecule has 0 spiro atoms. The molecule has 2 aromatic carbocycles. The van der Waals surface area contributed by atoms with Gasteiger partial charge in [-0.15, -0.1) is 0 Å². The fourth-order valence-corrected chi connectivity index (χ4v) is 2.75. The Morgan fingerprint density at radius 3 is 2.47 bits per heavy atom. The first kappa shape index (κ1) is 14.5. The Morgan fingerprint density at radius 2 is 1.84 bits per heavy atom. The monoisotopic (exact) mass is 387 g/mol. The van der Waals surface area contributed by atoms with Gasteiger partial charge in [-0.05, 0) is 58.9 Å². The number of rotatable bonds is 4. The van der Waals surface area contributed by atoms with E-state index in [0.29, 0.717) is 12.3 Å². The van der Waals surface area contributed by atoms with Crippen LogP contribution >= 0.6 is 31.9 Å². The molecular weight excluding hydrogens is 377 g/mol. The minimum Gasteiger partial charge on any atom is -0.453 e. The van der Waals surface area contributed by atoms with E-state index in [1.165, 1.54) is 6.07 Å². The predicted molar refractivity (Wildman–Crippen MR) is 81.1 cm³/mol. The zero-order valence-corrected chi connectivity index (χ0v) is 13.4. The molecule has 0 saturated heterocycles. The highest BCUT2D eigenvalue weighted by Gasteiger charge is 2.08. The lowest BCUT2D eigenvalue weighted by Gasteiger charge is -2.10. The van der Waals surface area contributed by atoms with Crippen molar-refractivity contribution in [2.75, 3.05) is 7.05 Å². The Kier molecular flexibility index (Phi) is 4.96. The molecule has 0 fully saturated rings. The quantitative estimate of drug-likeness (QED) is 0.807. The number of ether oxygens (including phenoxy) is 1. The molecule has 2 nitrogen and oxygen atoms in total. The van der Waals surface area contributed by atoms with Gasteiger partial charge in [-0.25, -0.2) is 4.39 Å². The summed E-state index contributed by atoms with van der Waals surface area (Å²) in [5, 5.41) is 2.98. The van der Waals surface area contributed by atoms with Crippen LogP contribution in [0.25, 0.3) is 0 Å². The molecule has 0 aliphatic heterocycles. The molecule has 19 heavy (non-hydrogen) atoms. The lowest BCUT2D eigenvalue weighted by Crippen LogP contribution is -2.05. The van der Waals surface area contributed by atoms with Crippen LogP contribution in [0.5, 0.6) is 11.5 Å². The van der Waals surface area contributed by atoms with Crippen molar-refractivity contribution < 1.29 is 9.13 Å². The first-order valence-electron chi connectivity index (χ1n) is 5.66. The predicted octanol–water partition coefficient (Wildman–Crippen LogP) is 4.86. The van der Waals surface area contributed by atoms with Crippen molar-refractivity contribution >= 4 is 31.9 Å². The van der Waals surface area contributed by atoms with Gasteiger partial charge in [0.15, 0.2) is 11.6 Å². The maximum absolute atomic E-state index is 13.9. The van der Waals surface area contributed by atoms with E-state index in [4.69, 9.17) is 4.74 Å². The smallest absolute Gasteiger partial charge is 0.166 e. The molecule has 5 heteroatoms. The number of nitrogens with one attached hydrogen (secondary N) is 1. The Bertz CT molecular complexity index is 590. The van der Waals surface area contributed by atoms with Crippen molar-refractivity contribution in [3.63, 3.8) is 0 Å². The minimum absolute atomic E-state index is 0.211. The maximum Gasteiger partial charge on any atom is 0.166 e. The van der Waals surface area contributed by atoms with Crippen LogP contribution in [-0.2, 0) is 6.54 Å². The summed E-state index contributed by atoms with van der Waals surface area (Å²) in [7, 11) is 1.82. The third-order valence-electron chi connectivity index (χ3n) is 2.49. The molecule has 0 heterocycles. The van der Waals surface area contributed by atoms with Crippen molar-refractivity contribution in [1.29, 1.82) is 0 Å². The van der Waals surface area contributed by atoms with E-state index in [0.717, 1.165) is 14.5 Å². The van der Waals surface area contributed by atoms with Crippen LogP contribution in [0.15, 0.2) is 45.3 Å². The van der Waals surface area contributed by atoms with E-state index >= 15 is 0 Å². The van der Waals surface area contributed by atoms with Gasteiger partial charge in [0.25, 0.3) is 0 Å². The second kappa shape index (κ2) is 6.50. The molecule has 2 rings (SSSR count). The van der Waals surface area contributed by atoms with Crippen molar-refractivity contribution in [3.05, 3.63) is 56.7 Å². The van der Waals surface area contributed by atoms with Gasteiger partial charge < -0.3 is 10.1 Å². The normalized spacial score (nSPS) is 10.5. The Hall–Kier alpha value is -0.910. The number of hydrogen-bond acceptors (Lipinski definition) is 2. The highest BCUT2D eigenvalue weighted by atomic mass is 79.9. The minimum atomic E-state index is -0.373. The van der Waals surface area contributed by atoms with Gasteiger partial charge in [0.05, 0.1) is 4.47 Å². The summed E-state index contributed by atoms with van der Waals surface area (Å²) in [4.78, 5) is 0. The molecule has 0 amide bonds. The highest BCUT2D eigenvalue weighted by molar-refractivity contribution is 9.11. The Labute approximate surface area is 128 Å². The molecule has 0 aliphatic carbocycles. The number of hydrogen-bond donors (Lipinski definition) is 1. The average molecular weight is 389 g/mol. The molecule has 1 N–H and O–H groups in total. The second-order valence-corrected chi connectivity index (χ2v) is 5.74. The molecule has 100 valence electrons. The zero-order valence-electron chi connectivity index (χ0n) is 10.2. The summed E-state index contributed by atoms with van der Waals surface area (Å²) in [6, 6.07) is 10.4. The molecule has 2 aromatic rings. The Balaban J connectivity index is 2.23. The van der Waals surface area contributed by atoms with Crippen LogP contribution in [0.2, 0.25) is 0 Å². The number of halogens is 3. The topological polar surface area (TPSA) is 21.3 Å².